The van der Waals surface area contributed by atoms with Gasteiger partial charge in [-0.15, -0.1) is 0 Å². The molecule has 0 N–H and O–H groups in total. The number of allylic oxidation sites excluding steroid dienone is 1. The van der Waals surface area contributed by atoms with Crippen LogP contribution in [0.1, 0.15) is 55.9 Å². The summed E-state index contributed by atoms with van der Waals surface area (Å²) >= 11 is 0. The molecule has 1 aliphatic heterocycles. The number of nitrogens with zero attached hydrogens (tertiary/aromatic N) is 1. The summed E-state index contributed by atoms with van der Waals surface area (Å²) in [6.45, 7) is 13.9. The molecular weight excluding hydrogens is 334 g/mol. The molecule has 0 radical (unpaired) electrons. The summed E-state index contributed by atoms with van der Waals surface area (Å²) in [4.78, 5) is 4.96. The van der Waals surface area contributed by atoms with Crippen molar-refractivity contribution in [3.8, 4) is 0 Å². The maximum atomic E-state index is 6.16. The predicted molar refractivity (Wildman–Crippen MR) is 109 cm³/mol. The summed E-state index contributed by atoms with van der Waals surface area (Å²) in [5.74, 6) is 1.60. The van der Waals surface area contributed by atoms with Gasteiger partial charge >= 0.3 is 0 Å². The molecule has 27 heavy (non-hydrogen) atoms. The minimum absolute atomic E-state index is 0.0143. The first-order chi connectivity index (χ1) is 12.9. The van der Waals surface area contributed by atoms with Gasteiger partial charge in [-0.3, -0.25) is 0 Å². The largest absolute Gasteiger partial charge is 0.498 e. The van der Waals surface area contributed by atoms with Crippen molar-refractivity contribution < 1.29 is 9.47 Å². The van der Waals surface area contributed by atoms with Crippen LogP contribution in [0.25, 0.3) is 0 Å². The van der Waals surface area contributed by atoms with E-state index in [-0.39, 0.29) is 11.5 Å². The SMILES string of the molecule is C=C(OCC)C1c2ccccc2C(C)(C2=NC(C)(C)CO2)c2ccccc21. The van der Waals surface area contributed by atoms with Crippen molar-refractivity contribution in [1.29, 1.82) is 0 Å². The Hall–Kier alpha value is -2.55. The molecule has 0 saturated heterocycles. The Bertz CT molecular complexity index is 878. The summed E-state index contributed by atoms with van der Waals surface area (Å²) in [5.41, 5.74) is 4.23. The van der Waals surface area contributed by atoms with Crippen LogP contribution in [0.3, 0.4) is 0 Å². The lowest BCUT2D eigenvalue weighted by molar-refractivity contribution is 0.215. The van der Waals surface area contributed by atoms with Gasteiger partial charge in [-0.25, -0.2) is 4.99 Å². The summed E-state index contributed by atoms with van der Waals surface area (Å²) in [6.07, 6.45) is 0. The second-order valence-electron chi connectivity index (χ2n) is 8.15. The van der Waals surface area contributed by atoms with Crippen molar-refractivity contribution in [2.45, 2.75) is 44.6 Å². The molecule has 4 rings (SSSR count). The third-order valence-corrected chi connectivity index (χ3v) is 5.67. The van der Waals surface area contributed by atoms with Gasteiger partial charge in [-0.1, -0.05) is 55.1 Å². The number of fused-ring (bicyclic) bond motifs is 2. The fourth-order valence-electron chi connectivity index (χ4n) is 4.41. The van der Waals surface area contributed by atoms with Gasteiger partial charge in [-0.05, 0) is 49.9 Å². The van der Waals surface area contributed by atoms with E-state index in [1.165, 1.54) is 22.3 Å². The van der Waals surface area contributed by atoms with E-state index in [4.69, 9.17) is 14.5 Å². The van der Waals surface area contributed by atoms with Crippen LogP contribution < -0.4 is 0 Å². The third kappa shape index (κ3) is 2.68. The molecule has 0 saturated carbocycles. The number of rotatable bonds is 4. The van der Waals surface area contributed by atoms with Gasteiger partial charge in [-0.2, -0.15) is 0 Å². The van der Waals surface area contributed by atoms with Crippen LogP contribution in [0.2, 0.25) is 0 Å². The zero-order valence-corrected chi connectivity index (χ0v) is 16.6. The summed E-state index contributed by atoms with van der Waals surface area (Å²) < 4.78 is 12.0. The second kappa shape index (κ2) is 6.26. The lowest BCUT2D eigenvalue weighted by Crippen LogP contribution is -2.40. The van der Waals surface area contributed by atoms with Crippen LogP contribution in [-0.2, 0) is 14.9 Å². The van der Waals surface area contributed by atoms with Crippen molar-refractivity contribution in [1.82, 2.24) is 0 Å². The molecule has 0 atom stereocenters. The van der Waals surface area contributed by atoms with E-state index >= 15 is 0 Å². The highest BCUT2D eigenvalue weighted by molar-refractivity contribution is 5.95. The van der Waals surface area contributed by atoms with Crippen molar-refractivity contribution in [2.24, 2.45) is 4.99 Å². The first-order valence-electron chi connectivity index (χ1n) is 9.62. The maximum absolute atomic E-state index is 6.16. The van der Waals surface area contributed by atoms with Gasteiger partial charge in [0.25, 0.3) is 0 Å². The first kappa shape index (κ1) is 17.8. The van der Waals surface area contributed by atoms with Crippen molar-refractivity contribution in [2.75, 3.05) is 13.2 Å². The van der Waals surface area contributed by atoms with Gasteiger partial charge in [0.15, 0.2) is 5.90 Å². The Morgan fingerprint density at radius 1 is 1.07 bits per heavy atom. The number of hydrogen-bond acceptors (Lipinski definition) is 3. The molecule has 0 amide bonds. The summed E-state index contributed by atoms with van der Waals surface area (Å²) in [7, 11) is 0. The number of aliphatic imine (C=N–C) groups is 1. The molecule has 140 valence electrons. The van der Waals surface area contributed by atoms with Crippen molar-refractivity contribution >= 4 is 5.90 Å². The number of ether oxygens (including phenoxy) is 2. The van der Waals surface area contributed by atoms with Crippen molar-refractivity contribution in [3.63, 3.8) is 0 Å². The summed E-state index contributed by atoms with van der Waals surface area (Å²) in [6, 6.07) is 17.1. The Kier molecular flexibility index (Phi) is 4.14. The topological polar surface area (TPSA) is 30.8 Å². The zero-order chi connectivity index (χ0) is 19.2. The van der Waals surface area contributed by atoms with Crippen LogP contribution in [-0.4, -0.2) is 24.7 Å². The van der Waals surface area contributed by atoms with E-state index < -0.39 is 5.41 Å². The zero-order valence-electron chi connectivity index (χ0n) is 16.6. The van der Waals surface area contributed by atoms with Gasteiger partial charge in [0, 0.05) is 0 Å². The minimum Gasteiger partial charge on any atom is -0.498 e. The van der Waals surface area contributed by atoms with Gasteiger partial charge in [0.2, 0.25) is 0 Å². The number of benzene rings is 2. The van der Waals surface area contributed by atoms with E-state index in [0.29, 0.717) is 13.2 Å². The number of hydrogen-bond donors (Lipinski definition) is 0. The van der Waals surface area contributed by atoms with E-state index in [2.05, 4.69) is 75.9 Å². The van der Waals surface area contributed by atoms with Crippen LogP contribution in [0.4, 0.5) is 0 Å². The average Bonchev–Trinajstić information content (AvgIpc) is 3.03. The summed E-state index contributed by atoms with van der Waals surface area (Å²) in [5, 5.41) is 0. The highest BCUT2D eigenvalue weighted by Gasteiger charge is 2.48. The fraction of sp³-hybridized carbons (Fsp3) is 0.375. The fourth-order valence-corrected chi connectivity index (χ4v) is 4.41. The Labute approximate surface area is 161 Å². The Morgan fingerprint density at radius 3 is 2.11 bits per heavy atom. The van der Waals surface area contributed by atoms with Crippen LogP contribution in [0.15, 0.2) is 65.9 Å². The monoisotopic (exact) mass is 361 g/mol. The highest BCUT2D eigenvalue weighted by atomic mass is 16.5. The molecule has 2 aromatic rings. The molecule has 3 nitrogen and oxygen atoms in total. The van der Waals surface area contributed by atoms with Gasteiger partial charge < -0.3 is 9.47 Å². The molecular formula is C24H27NO2. The molecule has 0 bridgehead atoms. The van der Waals surface area contributed by atoms with Gasteiger partial charge in [0.05, 0.1) is 23.5 Å². The highest BCUT2D eigenvalue weighted by Crippen LogP contribution is 2.50. The maximum Gasteiger partial charge on any atom is 0.199 e. The van der Waals surface area contributed by atoms with E-state index in [1.807, 2.05) is 6.92 Å². The molecule has 0 spiro atoms. The lowest BCUT2D eigenvalue weighted by atomic mass is 9.63. The molecule has 0 unspecified atom stereocenters. The Balaban J connectivity index is 1.99. The Morgan fingerprint density at radius 2 is 1.63 bits per heavy atom. The lowest BCUT2D eigenvalue weighted by Gasteiger charge is -2.41. The molecule has 2 aliphatic rings. The molecule has 1 heterocycles. The van der Waals surface area contributed by atoms with Crippen LogP contribution in [0.5, 0.6) is 0 Å². The quantitative estimate of drug-likeness (QED) is 0.701. The van der Waals surface area contributed by atoms with Crippen LogP contribution in [0, 0.1) is 0 Å². The van der Waals surface area contributed by atoms with Crippen molar-refractivity contribution in [3.05, 3.63) is 83.1 Å². The van der Waals surface area contributed by atoms with E-state index in [9.17, 15) is 0 Å². The van der Waals surface area contributed by atoms with E-state index in [0.717, 1.165) is 11.7 Å². The molecule has 1 aliphatic carbocycles. The van der Waals surface area contributed by atoms with Crippen LogP contribution >= 0.6 is 0 Å². The average molecular weight is 361 g/mol. The standard InChI is InChI=1S/C24H27NO2/c1-6-26-16(2)21-17-11-7-9-13-19(17)24(5,20-14-10-8-12-18(20)21)22-25-23(3,4)15-27-22/h7-14,21H,2,6,15H2,1,3-5H3. The smallest absolute Gasteiger partial charge is 0.199 e. The second-order valence-corrected chi connectivity index (χ2v) is 8.15. The predicted octanol–water partition coefficient (Wildman–Crippen LogP) is 5.20. The molecule has 0 aromatic heterocycles. The molecule has 0 fully saturated rings. The normalized spacial score (nSPS) is 25.0. The minimum atomic E-state index is -0.427. The first-order valence-corrected chi connectivity index (χ1v) is 9.62. The van der Waals surface area contributed by atoms with E-state index in [1.54, 1.807) is 0 Å². The third-order valence-electron chi connectivity index (χ3n) is 5.67. The van der Waals surface area contributed by atoms with Gasteiger partial charge in [0.1, 0.15) is 12.4 Å². The molecule has 3 heteroatoms. The molecule has 2 aromatic carbocycles.